The summed E-state index contributed by atoms with van der Waals surface area (Å²) >= 11 is 0. The largest absolute Gasteiger partial charge is 0.508 e. The van der Waals surface area contributed by atoms with Crippen molar-refractivity contribution >= 4 is 11.6 Å². The van der Waals surface area contributed by atoms with Gasteiger partial charge in [-0.1, -0.05) is 12.1 Å². The minimum atomic E-state index is -0.169. The van der Waals surface area contributed by atoms with Crippen LogP contribution in [0.15, 0.2) is 48.8 Å². The van der Waals surface area contributed by atoms with Gasteiger partial charge in [0.2, 0.25) is 11.7 Å². The minimum Gasteiger partial charge on any atom is -0.508 e. The summed E-state index contributed by atoms with van der Waals surface area (Å²) in [5, 5.41) is 12.3. The number of benzene rings is 2. The Balaban J connectivity index is 1.62. The minimum absolute atomic E-state index is 0.139. The molecule has 0 atom stereocenters. The number of hydrogen-bond donors (Lipinski definition) is 2. The Hall–Kier alpha value is -3.81. The second-order valence-electron chi connectivity index (χ2n) is 6.43. The first-order valence-corrected chi connectivity index (χ1v) is 9.24. The maximum atomic E-state index is 12.3. The quantitative estimate of drug-likeness (QED) is 0.587. The van der Waals surface area contributed by atoms with Crippen molar-refractivity contribution in [2.75, 3.05) is 26.6 Å². The van der Waals surface area contributed by atoms with Gasteiger partial charge in [-0.05, 0) is 36.2 Å². The molecule has 0 aliphatic rings. The molecule has 0 unspecified atom stereocenters. The molecule has 2 N–H and O–H groups in total. The van der Waals surface area contributed by atoms with Gasteiger partial charge in [0.15, 0.2) is 17.3 Å². The summed E-state index contributed by atoms with van der Waals surface area (Å²) < 4.78 is 16.0. The molecule has 1 heterocycles. The molecule has 0 fully saturated rings. The number of aromatic hydroxyl groups is 1. The van der Waals surface area contributed by atoms with Crippen LogP contribution in [0.5, 0.6) is 23.0 Å². The maximum Gasteiger partial charge on any atom is 0.224 e. The molecule has 156 valence electrons. The van der Waals surface area contributed by atoms with E-state index in [-0.39, 0.29) is 18.1 Å². The number of carbonyl (C=O) groups excluding carboxylic acids is 1. The van der Waals surface area contributed by atoms with Gasteiger partial charge in [0.1, 0.15) is 5.75 Å². The topological polar surface area (TPSA) is 103 Å². The first-order chi connectivity index (χ1) is 14.5. The second kappa shape index (κ2) is 9.60. The smallest absolute Gasteiger partial charge is 0.224 e. The molecule has 0 saturated carbocycles. The Bertz CT molecular complexity index is 997. The summed E-state index contributed by atoms with van der Waals surface area (Å²) in [6.45, 7) is 0. The fourth-order valence-corrected chi connectivity index (χ4v) is 2.95. The lowest BCUT2D eigenvalue weighted by atomic mass is 10.1. The van der Waals surface area contributed by atoms with Crippen LogP contribution in [0.1, 0.15) is 12.0 Å². The van der Waals surface area contributed by atoms with Crippen molar-refractivity contribution in [2.45, 2.75) is 12.8 Å². The summed E-state index contributed by atoms with van der Waals surface area (Å²) in [5.74, 6) is 2.03. The number of carbonyl (C=O) groups is 1. The van der Waals surface area contributed by atoms with Crippen LogP contribution in [0.2, 0.25) is 0 Å². The van der Waals surface area contributed by atoms with Crippen molar-refractivity contribution in [3.05, 3.63) is 54.4 Å². The highest BCUT2D eigenvalue weighted by molar-refractivity contribution is 5.90. The standard InChI is InChI=1S/C22H23N3O5/c1-28-18-9-14(10-19(29-2)21(18)30-3)7-8-20(27)25-16-12-23-22(24-13-16)15-5-4-6-17(26)11-15/h4-6,9-13,26H,7-8H2,1-3H3,(H,25,27). The van der Waals surface area contributed by atoms with Crippen LogP contribution in [0.4, 0.5) is 5.69 Å². The maximum absolute atomic E-state index is 12.3. The molecule has 0 spiro atoms. The molecule has 3 aromatic rings. The number of anilines is 1. The SMILES string of the molecule is COc1cc(CCC(=O)Nc2cnc(-c3cccc(O)c3)nc2)cc(OC)c1OC. The van der Waals surface area contributed by atoms with Crippen LogP contribution < -0.4 is 19.5 Å². The Labute approximate surface area is 174 Å². The van der Waals surface area contributed by atoms with E-state index in [4.69, 9.17) is 14.2 Å². The lowest BCUT2D eigenvalue weighted by Gasteiger charge is -2.14. The average Bonchev–Trinajstić information content (AvgIpc) is 2.77. The number of nitrogens with one attached hydrogen (secondary N) is 1. The molecule has 1 amide bonds. The number of phenolic OH excluding ortho intramolecular Hbond substituents is 1. The zero-order valence-corrected chi connectivity index (χ0v) is 17.0. The van der Waals surface area contributed by atoms with E-state index in [2.05, 4.69) is 15.3 Å². The van der Waals surface area contributed by atoms with Crippen molar-refractivity contribution in [2.24, 2.45) is 0 Å². The van der Waals surface area contributed by atoms with Gasteiger partial charge in [-0.15, -0.1) is 0 Å². The Morgan fingerprint density at radius 3 is 2.23 bits per heavy atom. The van der Waals surface area contributed by atoms with Gasteiger partial charge in [-0.25, -0.2) is 9.97 Å². The summed E-state index contributed by atoms with van der Waals surface area (Å²) in [6, 6.07) is 10.3. The highest BCUT2D eigenvalue weighted by Gasteiger charge is 2.14. The lowest BCUT2D eigenvalue weighted by molar-refractivity contribution is -0.116. The van der Waals surface area contributed by atoms with Gasteiger partial charge in [0, 0.05) is 12.0 Å². The number of aryl methyl sites for hydroxylation is 1. The zero-order valence-electron chi connectivity index (χ0n) is 17.0. The number of hydrogen-bond acceptors (Lipinski definition) is 7. The molecule has 0 radical (unpaired) electrons. The Kier molecular flexibility index (Phi) is 6.69. The average molecular weight is 409 g/mol. The first-order valence-electron chi connectivity index (χ1n) is 9.24. The van der Waals surface area contributed by atoms with Gasteiger partial charge in [-0.2, -0.15) is 0 Å². The molecule has 8 nitrogen and oxygen atoms in total. The number of nitrogens with zero attached hydrogens (tertiary/aromatic N) is 2. The van der Waals surface area contributed by atoms with Crippen LogP contribution in [-0.4, -0.2) is 42.3 Å². The number of phenols is 1. The highest BCUT2D eigenvalue weighted by atomic mass is 16.5. The van der Waals surface area contributed by atoms with Crippen molar-refractivity contribution < 1.29 is 24.1 Å². The Morgan fingerprint density at radius 2 is 1.67 bits per heavy atom. The third-order valence-corrected chi connectivity index (χ3v) is 4.41. The van der Waals surface area contributed by atoms with E-state index >= 15 is 0 Å². The van der Waals surface area contributed by atoms with Gasteiger partial charge in [-0.3, -0.25) is 4.79 Å². The molecule has 1 aromatic heterocycles. The molecule has 0 aliphatic heterocycles. The summed E-state index contributed by atoms with van der Waals surface area (Å²) in [5.41, 5.74) is 2.07. The first kappa shape index (κ1) is 20.9. The van der Waals surface area contributed by atoms with Crippen LogP contribution in [0.25, 0.3) is 11.4 Å². The van der Waals surface area contributed by atoms with Crippen molar-refractivity contribution in [1.29, 1.82) is 0 Å². The van der Waals surface area contributed by atoms with E-state index in [0.717, 1.165) is 5.56 Å². The third kappa shape index (κ3) is 4.96. The zero-order chi connectivity index (χ0) is 21.5. The summed E-state index contributed by atoms with van der Waals surface area (Å²) in [6.07, 6.45) is 3.81. The highest BCUT2D eigenvalue weighted by Crippen LogP contribution is 2.38. The third-order valence-electron chi connectivity index (χ3n) is 4.41. The molecule has 0 bridgehead atoms. The fraction of sp³-hybridized carbons (Fsp3) is 0.227. The predicted octanol–water partition coefficient (Wildman–Crippen LogP) is 3.45. The normalized spacial score (nSPS) is 10.4. The summed E-state index contributed by atoms with van der Waals surface area (Å²) in [7, 11) is 4.64. The summed E-state index contributed by atoms with van der Waals surface area (Å²) in [4.78, 5) is 20.8. The number of rotatable bonds is 8. The molecule has 30 heavy (non-hydrogen) atoms. The van der Waals surface area contributed by atoms with Crippen molar-refractivity contribution in [3.8, 4) is 34.4 Å². The number of aromatic nitrogens is 2. The fourth-order valence-electron chi connectivity index (χ4n) is 2.95. The molecule has 2 aromatic carbocycles. The molecule has 0 saturated heterocycles. The van der Waals surface area contributed by atoms with E-state index in [1.807, 2.05) is 12.1 Å². The van der Waals surface area contributed by atoms with Crippen LogP contribution in [-0.2, 0) is 11.2 Å². The van der Waals surface area contributed by atoms with E-state index in [1.54, 1.807) is 45.6 Å². The van der Waals surface area contributed by atoms with Gasteiger partial charge >= 0.3 is 0 Å². The lowest BCUT2D eigenvalue weighted by Crippen LogP contribution is -2.13. The molecular formula is C22H23N3O5. The number of methoxy groups -OCH3 is 3. The Morgan fingerprint density at radius 1 is 1.00 bits per heavy atom. The van der Waals surface area contributed by atoms with Crippen LogP contribution >= 0.6 is 0 Å². The van der Waals surface area contributed by atoms with Crippen molar-refractivity contribution in [3.63, 3.8) is 0 Å². The van der Waals surface area contributed by atoms with E-state index in [1.165, 1.54) is 12.4 Å². The van der Waals surface area contributed by atoms with Crippen molar-refractivity contribution in [1.82, 2.24) is 9.97 Å². The van der Waals surface area contributed by atoms with Crippen LogP contribution in [0.3, 0.4) is 0 Å². The van der Waals surface area contributed by atoms with Crippen LogP contribution in [0, 0.1) is 0 Å². The van der Waals surface area contributed by atoms with E-state index in [9.17, 15) is 9.90 Å². The molecular weight excluding hydrogens is 386 g/mol. The van der Waals surface area contributed by atoms with Gasteiger partial charge in [0.05, 0.1) is 39.4 Å². The van der Waals surface area contributed by atoms with E-state index < -0.39 is 0 Å². The monoisotopic (exact) mass is 409 g/mol. The number of amides is 1. The van der Waals surface area contributed by atoms with Gasteiger partial charge in [0.25, 0.3) is 0 Å². The molecule has 3 rings (SSSR count). The number of ether oxygens (including phenoxy) is 3. The molecule has 0 aliphatic carbocycles. The predicted molar refractivity (Wildman–Crippen MR) is 112 cm³/mol. The van der Waals surface area contributed by atoms with Gasteiger partial charge < -0.3 is 24.6 Å². The van der Waals surface area contributed by atoms with E-state index in [0.29, 0.717) is 40.7 Å². The second-order valence-corrected chi connectivity index (χ2v) is 6.43. The molecule has 8 heteroatoms.